The summed E-state index contributed by atoms with van der Waals surface area (Å²) in [4.78, 5) is 11.0. The number of carboxylic acids is 1. The van der Waals surface area contributed by atoms with Crippen LogP contribution in [0.2, 0.25) is 0 Å². The summed E-state index contributed by atoms with van der Waals surface area (Å²) < 4.78 is 1.62. The molecule has 5 nitrogen and oxygen atoms in total. The first-order chi connectivity index (χ1) is 7.16. The second-order valence-corrected chi connectivity index (χ2v) is 4.07. The smallest absolute Gasteiger partial charge is 0.325 e. The number of hydrogen-bond donors (Lipinski definition) is 2. The molecular formula is C10H15N3O2. The fourth-order valence-corrected chi connectivity index (χ4v) is 1.54. The van der Waals surface area contributed by atoms with Gasteiger partial charge >= 0.3 is 5.97 Å². The number of nitrogens with one attached hydrogen (secondary N) is 1. The van der Waals surface area contributed by atoms with E-state index in [0.717, 1.165) is 6.54 Å². The van der Waals surface area contributed by atoms with Crippen LogP contribution in [-0.4, -0.2) is 27.4 Å². The molecule has 1 aliphatic carbocycles. The quantitative estimate of drug-likeness (QED) is 0.743. The van der Waals surface area contributed by atoms with E-state index in [9.17, 15) is 4.79 Å². The normalized spacial score (nSPS) is 17.7. The molecule has 1 aliphatic rings. The zero-order valence-electron chi connectivity index (χ0n) is 8.68. The molecule has 15 heavy (non-hydrogen) atoms. The van der Waals surface area contributed by atoms with Crippen LogP contribution >= 0.6 is 0 Å². The maximum absolute atomic E-state index is 11.0. The summed E-state index contributed by atoms with van der Waals surface area (Å²) in [5.41, 5.74) is 0.714. The molecule has 2 N–H and O–H groups in total. The number of hydrogen-bond acceptors (Lipinski definition) is 3. The Bertz CT molecular complexity index is 357. The lowest BCUT2D eigenvalue weighted by molar-refractivity contribution is -0.139. The van der Waals surface area contributed by atoms with E-state index in [4.69, 9.17) is 5.11 Å². The SMILES string of the molecule is Cn1cc(C(NCC2CC2)C(=O)O)cn1. The molecule has 5 heteroatoms. The molecule has 2 rings (SSSR count). The molecule has 1 aromatic rings. The average Bonchev–Trinajstić information content (AvgIpc) is 2.89. The molecule has 1 aromatic heterocycles. The Morgan fingerprint density at radius 2 is 2.53 bits per heavy atom. The molecule has 82 valence electrons. The molecule has 0 radical (unpaired) electrons. The maximum atomic E-state index is 11.0. The predicted octanol–water partition coefficient (Wildman–Crippen LogP) is 0.545. The van der Waals surface area contributed by atoms with Crippen molar-refractivity contribution in [2.75, 3.05) is 6.54 Å². The van der Waals surface area contributed by atoms with Crippen LogP contribution in [0.4, 0.5) is 0 Å². The summed E-state index contributed by atoms with van der Waals surface area (Å²) in [7, 11) is 1.78. The van der Waals surface area contributed by atoms with E-state index < -0.39 is 12.0 Å². The van der Waals surface area contributed by atoms with Gasteiger partial charge in [-0.05, 0) is 25.3 Å². The van der Waals surface area contributed by atoms with Crippen LogP contribution in [0, 0.1) is 5.92 Å². The van der Waals surface area contributed by atoms with Crippen LogP contribution in [-0.2, 0) is 11.8 Å². The van der Waals surface area contributed by atoms with Gasteiger partial charge in [0.15, 0.2) is 0 Å². The number of aromatic nitrogens is 2. The first-order valence-electron chi connectivity index (χ1n) is 5.11. The number of carbonyl (C=O) groups is 1. The molecule has 1 unspecified atom stereocenters. The Morgan fingerprint density at radius 1 is 1.80 bits per heavy atom. The molecule has 0 amide bonds. The zero-order valence-corrected chi connectivity index (χ0v) is 8.68. The van der Waals surface area contributed by atoms with Gasteiger partial charge < -0.3 is 10.4 Å². The molecule has 0 saturated heterocycles. The largest absolute Gasteiger partial charge is 0.480 e. The van der Waals surface area contributed by atoms with E-state index in [0.29, 0.717) is 11.5 Å². The van der Waals surface area contributed by atoms with Gasteiger partial charge in [0.1, 0.15) is 6.04 Å². The van der Waals surface area contributed by atoms with Gasteiger partial charge in [-0.3, -0.25) is 9.48 Å². The summed E-state index contributed by atoms with van der Waals surface area (Å²) in [6, 6.07) is -0.626. The van der Waals surface area contributed by atoms with E-state index in [1.807, 2.05) is 0 Å². The fraction of sp³-hybridized carbons (Fsp3) is 0.600. The van der Waals surface area contributed by atoms with Crippen LogP contribution in [0.15, 0.2) is 12.4 Å². The van der Waals surface area contributed by atoms with Crippen molar-refractivity contribution >= 4 is 5.97 Å². The van der Waals surface area contributed by atoms with Crippen LogP contribution in [0.5, 0.6) is 0 Å². The summed E-state index contributed by atoms with van der Waals surface area (Å²) in [6.07, 6.45) is 5.76. The molecule has 0 spiro atoms. The van der Waals surface area contributed by atoms with Crippen molar-refractivity contribution in [3.05, 3.63) is 18.0 Å². The summed E-state index contributed by atoms with van der Waals surface area (Å²) in [5, 5.41) is 16.1. The van der Waals surface area contributed by atoms with Gasteiger partial charge in [-0.25, -0.2) is 0 Å². The standard InChI is InChI=1S/C10H15N3O2/c1-13-6-8(5-12-13)9(10(14)15)11-4-7-2-3-7/h5-7,9,11H,2-4H2,1H3,(H,14,15). The monoisotopic (exact) mass is 209 g/mol. The molecule has 1 atom stereocenters. The average molecular weight is 209 g/mol. The summed E-state index contributed by atoms with van der Waals surface area (Å²) >= 11 is 0. The zero-order chi connectivity index (χ0) is 10.8. The van der Waals surface area contributed by atoms with Crippen molar-refractivity contribution in [3.8, 4) is 0 Å². The minimum absolute atomic E-state index is 0.626. The van der Waals surface area contributed by atoms with Gasteiger partial charge in [0.25, 0.3) is 0 Å². The van der Waals surface area contributed by atoms with E-state index in [-0.39, 0.29) is 0 Å². The van der Waals surface area contributed by atoms with Crippen molar-refractivity contribution in [1.82, 2.24) is 15.1 Å². The van der Waals surface area contributed by atoms with Crippen LogP contribution in [0.3, 0.4) is 0 Å². The van der Waals surface area contributed by atoms with Gasteiger partial charge in [-0.15, -0.1) is 0 Å². The van der Waals surface area contributed by atoms with Gasteiger partial charge in [-0.1, -0.05) is 0 Å². The first-order valence-corrected chi connectivity index (χ1v) is 5.11. The fourth-order valence-electron chi connectivity index (χ4n) is 1.54. The molecule has 1 heterocycles. The molecule has 1 fully saturated rings. The van der Waals surface area contributed by atoms with E-state index in [1.165, 1.54) is 12.8 Å². The second-order valence-electron chi connectivity index (χ2n) is 4.07. The second kappa shape index (κ2) is 4.02. The van der Waals surface area contributed by atoms with Crippen molar-refractivity contribution in [2.45, 2.75) is 18.9 Å². The summed E-state index contributed by atoms with van der Waals surface area (Å²) in [6.45, 7) is 0.784. The van der Waals surface area contributed by atoms with Gasteiger partial charge in [0.05, 0.1) is 6.20 Å². The van der Waals surface area contributed by atoms with Crippen LogP contribution in [0.1, 0.15) is 24.4 Å². The van der Waals surface area contributed by atoms with Crippen LogP contribution < -0.4 is 5.32 Å². The number of aryl methyl sites for hydroxylation is 1. The van der Waals surface area contributed by atoms with Crippen molar-refractivity contribution in [2.24, 2.45) is 13.0 Å². The molecule has 1 saturated carbocycles. The number of carboxylic acid groups (broad SMARTS) is 1. The Kier molecular flexibility index (Phi) is 2.73. The van der Waals surface area contributed by atoms with E-state index in [2.05, 4.69) is 10.4 Å². The Labute approximate surface area is 88.1 Å². The highest BCUT2D eigenvalue weighted by atomic mass is 16.4. The Hall–Kier alpha value is -1.36. The summed E-state index contributed by atoms with van der Waals surface area (Å²) in [5.74, 6) is -0.174. The molecule has 0 aromatic carbocycles. The lowest BCUT2D eigenvalue weighted by Gasteiger charge is -2.11. The Morgan fingerprint density at radius 3 is 3.00 bits per heavy atom. The predicted molar refractivity (Wildman–Crippen MR) is 54.3 cm³/mol. The highest BCUT2D eigenvalue weighted by molar-refractivity contribution is 5.75. The third kappa shape index (κ3) is 2.56. The highest BCUT2D eigenvalue weighted by Crippen LogP contribution is 2.28. The van der Waals surface area contributed by atoms with Gasteiger partial charge in [0.2, 0.25) is 0 Å². The first kappa shape index (κ1) is 10.2. The van der Waals surface area contributed by atoms with Gasteiger partial charge in [-0.2, -0.15) is 5.10 Å². The van der Waals surface area contributed by atoms with Crippen LogP contribution in [0.25, 0.3) is 0 Å². The number of nitrogens with zero attached hydrogens (tertiary/aromatic N) is 2. The number of rotatable bonds is 5. The minimum Gasteiger partial charge on any atom is -0.480 e. The van der Waals surface area contributed by atoms with Crippen molar-refractivity contribution in [3.63, 3.8) is 0 Å². The lowest BCUT2D eigenvalue weighted by atomic mass is 10.1. The number of aliphatic carboxylic acids is 1. The van der Waals surface area contributed by atoms with E-state index in [1.54, 1.807) is 24.1 Å². The van der Waals surface area contributed by atoms with Gasteiger partial charge in [0, 0.05) is 18.8 Å². The molecular weight excluding hydrogens is 194 g/mol. The Balaban J connectivity index is 2.01. The topological polar surface area (TPSA) is 67.2 Å². The van der Waals surface area contributed by atoms with E-state index >= 15 is 0 Å². The van der Waals surface area contributed by atoms with Crippen molar-refractivity contribution < 1.29 is 9.90 Å². The third-order valence-electron chi connectivity index (χ3n) is 2.61. The maximum Gasteiger partial charge on any atom is 0.325 e. The molecule has 0 bridgehead atoms. The minimum atomic E-state index is -0.844. The van der Waals surface area contributed by atoms with Crippen molar-refractivity contribution in [1.29, 1.82) is 0 Å². The third-order valence-corrected chi connectivity index (χ3v) is 2.61. The highest BCUT2D eigenvalue weighted by Gasteiger charge is 2.26. The lowest BCUT2D eigenvalue weighted by Crippen LogP contribution is -2.29. The molecule has 0 aliphatic heterocycles.